The van der Waals surface area contributed by atoms with Gasteiger partial charge in [0.25, 0.3) is 0 Å². The van der Waals surface area contributed by atoms with Crippen LogP contribution in [0, 0.1) is 0 Å². The Kier molecular flexibility index (Phi) is 7.24. The van der Waals surface area contributed by atoms with Crippen LogP contribution in [-0.4, -0.2) is 14.5 Å². The van der Waals surface area contributed by atoms with Gasteiger partial charge in [-0.25, -0.2) is 0 Å². The van der Waals surface area contributed by atoms with Gasteiger partial charge in [-0.2, -0.15) is 0 Å². The molecule has 0 aliphatic carbocycles. The Hall–Kier alpha value is -5.66. The third-order valence-electron chi connectivity index (χ3n) is 9.28. The molecule has 226 valence electrons. The summed E-state index contributed by atoms with van der Waals surface area (Å²) < 4.78 is 2.92. The van der Waals surface area contributed by atoms with Gasteiger partial charge in [0.05, 0.1) is 0 Å². The number of hydrogen-bond acceptors (Lipinski definition) is 1. The number of benzene rings is 8. The Morgan fingerprint density at radius 1 is 0.354 bits per heavy atom. The summed E-state index contributed by atoms with van der Waals surface area (Å²) >= 11 is 0.219. The molecule has 0 aliphatic heterocycles. The number of fused-ring (bicyclic) bond motifs is 5. The molecule has 0 amide bonds. The molecule has 0 saturated heterocycles. The second-order valence-electron chi connectivity index (χ2n) is 12.1. The van der Waals surface area contributed by atoms with Gasteiger partial charge in [-0.1, -0.05) is 18.2 Å². The van der Waals surface area contributed by atoms with Crippen molar-refractivity contribution in [2.45, 2.75) is 0 Å². The average Bonchev–Trinajstić information content (AvgIpc) is 3.55. The fourth-order valence-corrected chi connectivity index (χ4v) is 9.74. The van der Waals surface area contributed by atoms with E-state index in [1.807, 2.05) is 0 Å². The second-order valence-corrected chi connectivity index (χ2v) is 14.3. The van der Waals surface area contributed by atoms with Crippen molar-refractivity contribution in [3.05, 3.63) is 188 Å². The Balaban J connectivity index is 1.25. The fraction of sp³-hybridized carbons (Fsp3) is 0. The van der Waals surface area contributed by atoms with E-state index in [-0.39, 0.29) is 14.5 Å². The summed E-state index contributed by atoms with van der Waals surface area (Å²) in [5.41, 5.74) is 10.8. The van der Waals surface area contributed by atoms with Crippen molar-refractivity contribution in [1.82, 2.24) is 0 Å². The SMILES string of the molecule is c1ccc(-c2ccccc2-c2ccccc2-c2ccccc2N(c2ccccc2)c2ccc3c(c2)[se]c2c4ccccc4ccc32)cc1. The Morgan fingerprint density at radius 3 is 1.69 bits per heavy atom. The summed E-state index contributed by atoms with van der Waals surface area (Å²) in [6.07, 6.45) is 0. The third kappa shape index (κ3) is 4.95. The predicted octanol–water partition coefficient (Wildman–Crippen LogP) is 12.7. The summed E-state index contributed by atoms with van der Waals surface area (Å²) in [6.45, 7) is 0. The van der Waals surface area contributed by atoms with E-state index >= 15 is 0 Å². The zero-order chi connectivity index (χ0) is 31.9. The van der Waals surface area contributed by atoms with Gasteiger partial charge in [-0.15, -0.1) is 0 Å². The number of hydrogen-bond donors (Lipinski definition) is 0. The first-order chi connectivity index (χ1) is 23.8. The quantitative estimate of drug-likeness (QED) is 0.159. The molecule has 1 aromatic heterocycles. The minimum absolute atomic E-state index is 0.219. The van der Waals surface area contributed by atoms with Gasteiger partial charge in [0.1, 0.15) is 0 Å². The van der Waals surface area contributed by atoms with Gasteiger partial charge in [0.15, 0.2) is 0 Å². The van der Waals surface area contributed by atoms with Gasteiger partial charge < -0.3 is 0 Å². The van der Waals surface area contributed by atoms with Crippen molar-refractivity contribution < 1.29 is 0 Å². The van der Waals surface area contributed by atoms with E-state index < -0.39 is 0 Å². The topological polar surface area (TPSA) is 3.24 Å². The minimum atomic E-state index is 0.219. The molecule has 8 aromatic carbocycles. The van der Waals surface area contributed by atoms with Gasteiger partial charge in [0, 0.05) is 0 Å². The van der Waals surface area contributed by atoms with Crippen molar-refractivity contribution in [3.8, 4) is 33.4 Å². The Labute approximate surface area is 286 Å². The number of nitrogens with zero attached hydrogens (tertiary/aromatic N) is 1. The van der Waals surface area contributed by atoms with Crippen molar-refractivity contribution in [2.75, 3.05) is 4.90 Å². The Bertz CT molecular complexity index is 2560. The second kappa shape index (κ2) is 12.2. The molecule has 0 radical (unpaired) electrons. The van der Waals surface area contributed by atoms with E-state index in [0.717, 1.165) is 11.4 Å². The van der Waals surface area contributed by atoms with Crippen molar-refractivity contribution >= 4 is 61.6 Å². The van der Waals surface area contributed by atoms with Gasteiger partial charge in [-0.05, 0) is 0 Å². The average molecular weight is 677 g/mol. The van der Waals surface area contributed by atoms with Crippen LogP contribution >= 0.6 is 0 Å². The van der Waals surface area contributed by atoms with Crippen LogP contribution in [-0.2, 0) is 0 Å². The molecule has 9 aromatic rings. The number of anilines is 3. The Morgan fingerprint density at radius 2 is 0.917 bits per heavy atom. The first kappa shape index (κ1) is 28.6. The first-order valence-electron chi connectivity index (χ1n) is 16.4. The normalized spacial score (nSPS) is 11.3. The maximum absolute atomic E-state index is 2.44. The molecule has 0 N–H and O–H groups in total. The number of rotatable bonds is 6. The molecule has 0 saturated carbocycles. The zero-order valence-electron chi connectivity index (χ0n) is 26.3. The van der Waals surface area contributed by atoms with Crippen molar-refractivity contribution in [1.29, 1.82) is 0 Å². The molecule has 0 spiro atoms. The van der Waals surface area contributed by atoms with Crippen LogP contribution in [0.1, 0.15) is 0 Å². The molecule has 0 unspecified atom stereocenters. The summed E-state index contributed by atoms with van der Waals surface area (Å²) in [5, 5.41) is 5.44. The summed E-state index contributed by atoms with van der Waals surface area (Å²) in [7, 11) is 0. The van der Waals surface area contributed by atoms with E-state index in [4.69, 9.17) is 0 Å². The molecular weight excluding hydrogens is 645 g/mol. The molecule has 1 nitrogen and oxygen atoms in total. The van der Waals surface area contributed by atoms with Gasteiger partial charge >= 0.3 is 270 Å². The van der Waals surface area contributed by atoms with Crippen molar-refractivity contribution in [2.24, 2.45) is 0 Å². The van der Waals surface area contributed by atoms with Gasteiger partial charge in [-0.3, -0.25) is 0 Å². The zero-order valence-corrected chi connectivity index (χ0v) is 28.0. The van der Waals surface area contributed by atoms with E-state index in [9.17, 15) is 0 Å². The predicted molar refractivity (Wildman–Crippen MR) is 207 cm³/mol. The molecule has 1 heterocycles. The molecular formula is C46H31NSe. The molecule has 48 heavy (non-hydrogen) atoms. The van der Waals surface area contributed by atoms with E-state index in [0.29, 0.717) is 0 Å². The molecule has 0 fully saturated rings. The van der Waals surface area contributed by atoms with Crippen LogP contribution in [0.5, 0.6) is 0 Å². The van der Waals surface area contributed by atoms with Crippen LogP contribution < -0.4 is 4.90 Å². The molecule has 0 bridgehead atoms. The summed E-state index contributed by atoms with van der Waals surface area (Å²) in [6, 6.07) is 68.5. The van der Waals surface area contributed by atoms with Crippen molar-refractivity contribution in [3.63, 3.8) is 0 Å². The van der Waals surface area contributed by atoms with Crippen LogP contribution in [0.4, 0.5) is 17.1 Å². The monoisotopic (exact) mass is 677 g/mol. The molecule has 0 aliphatic rings. The van der Waals surface area contributed by atoms with Crippen LogP contribution in [0.25, 0.3) is 63.4 Å². The van der Waals surface area contributed by atoms with E-state index in [1.165, 1.54) is 69.1 Å². The smallest absolute Gasteiger partial charge is 0.0617 e. The third-order valence-corrected chi connectivity index (χ3v) is 11.8. The van der Waals surface area contributed by atoms with Crippen LogP contribution in [0.15, 0.2) is 188 Å². The summed E-state index contributed by atoms with van der Waals surface area (Å²) in [5.74, 6) is 0. The van der Waals surface area contributed by atoms with E-state index in [1.54, 1.807) is 0 Å². The molecule has 0 atom stereocenters. The van der Waals surface area contributed by atoms with Crippen LogP contribution in [0.2, 0.25) is 0 Å². The standard InChI is InChI=1S/C46H31NSe/c1-3-15-32(16-4-1)36-20-9-10-22-38(36)39-23-11-12-24-40(39)41-25-13-14-26-44(41)47(34-18-5-2-6-19-34)35-28-30-42-43-29-27-33-17-7-8-21-37(33)46(43)48-45(42)31-35/h1-31H. The first-order valence-corrected chi connectivity index (χ1v) is 18.1. The van der Waals surface area contributed by atoms with E-state index in [2.05, 4.69) is 193 Å². The minimum Gasteiger partial charge on any atom is -0.0617 e. The fourth-order valence-electron chi connectivity index (χ4n) is 7.07. The molecule has 9 rings (SSSR count). The van der Waals surface area contributed by atoms with Gasteiger partial charge in [0.2, 0.25) is 0 Å². The number of para-hydroxylation sites is 2. The maximum atomic E-state index is 2.44. The molecule has 2 heteroatoms. The van der Waals surface area contributed by atoms with Crippen LogP contribution in [0.3, 0.4) is 0 Å². The summed E-state index contributed by atoms with van der Waals surface area (Å²) in [4.78, 5) is 2.44.